The number of nitrogens with zero attached hydrogens (tertiary/aromatic N) is 3. The first-order valence-electron chi connectivity index (χ1n) is 3.17. The summed E-state index contributed by atoms with van der Waals surface area (Å²) >= 11 is 3.61. The molecule has 0 aliphatic carbocycles. The van der Waals surface area contributed by atoms with Gasteiger partial charge in [0, 0.05) is 6.20 Å². The maximum atomic E-state index is 5.54. The van der Waals surface area contributed by atoms with Crippen LogP contribution in [0.2, 0.25) is 0 Å². The van der Waals surface area contributed by atoms with Crippen LogP contribution in [0.5, 0.6) is 0 Å². The van der Waals surface area contributed by atoms with Gasteiger partial charge in [-0.2, -0.15) is 5.10 Å². The molecule has 0 radical (unpaired) electrons. The Bertz CT molecular complexity index is 355. The van der Waals surface area contributed by atoms with Crippen LogP contribution in [0.3, 0.4) is 0 Å². The molecule has 0 unspecified atom stereocenters. The highest BCUT2D eigenvalue weighted by Gasteiger charge is 2.02. The largest absolute Gasteiger partial charge is 0.389 e. The number of aromatic nitrogens is 3. The maximum absolute atomic E-state index is 5.54. The monoisotopic (exact) mass is 292 g/mol. The van der Waals surface area contributed by atoms with Crippen molar-refractivity contribution >= 4 is 38.9 Å². The SMILES string of the molecule is Nc1cnc(-n2cc(I)cn2)s1. The Morgan fingerprint density at radius 2 is 2.33 bits per heavy atom. The Morgan fingerprint density at radius 1 is 1.50 bits per heavy atom. The highest BCUT2D eigenvalue weighted by atomic mass is 127. The zero-order valence-electron chi connectivity index (χ0n) is 5.94. The van der Waals surface area contributed by atoms with Crippen LogP contribution < -0.4 is 5.73 Å². The molecular formula is C6H5IN4S. The van der Waals surface area contributed by atoms with Gasteiger partial charge in [0.15, 0.2) is 0 Å². The van der Waals surface area contributed by atoms with Gasteiger partial charge >= 0.3 is 0 Å². The lowest BCUT2D eigenvalue weighted by Gasteiger charge is -1.90. The number of nitrogen functional groups attached to an aromatic ring is 1. The zero-order valence-corrected chi connectivity index (χ0v) is 8.91. The summed E-state index contributed by atoms with van der Waals surface area (Å²) in [5.41, 5.74) is 5.54. The van der Waals surface area contributed by atoms with Gasteiger partial charge in [0.2, 0.25) is 5.13 Å². The van der Waals surface area contributed by atoms with Gasteiger partial charge in [0.05, 0.1) is 16.0 Å². The minimum atomic E-state index is 0.704. The average Bonchev–Trinajstić information content (AvgIpc) is 2.58. The van der Waals surface area contributed by atoms with Crippen molar-refractivity contribution in [3.8, 4) is 5.13 Å². The van der Waals surface area contributed by atoms with E-state index in [-0.39, 0.29) is 0 Å². The quantitative estimate of drug-likeness (QED) is 0.811. The first-order valence-corrected chi connectivity index (χ1v) is 5.07. The Hall–Kier alpha value is -0.630. The van der Waals surface area contributed by atoms with Gasteiger partial charge in [-0.05, 0) is 22.6 Å². The van der Waals surface area contributed by atoms with E-state index in [0.29, 0.717) is 5.00 Å². The molecule has 2 heterocycles. The second kappa shape index (κ2) is 3.02. The van der Waals surface area contributed by atoms with Crippen LogP contribution in [0.15, 0.2) is 18.6 Å². The van der Waals surface area contributed by atoms with Crippen LogP contribution in [-0.4, -0.2) is 14.8 Å². The van der Waals surface area contributed by atoms with Crippen LogP contribution >= 0.6 is 33.9 Å². The molecule has 6 heteroatoms. The molecule has 2 aromatic rings. The van der Waals surface area contributed by atoms with Gasteiger partial charge in [-0.1, -0.05) is 11.3 Å². The Kier molecular flexibility index (Phi) is 2.01. The highest BCUT2D eigenvalue weighted by Crippen LogP contribution is 2.18. The third-order valence-corrected chi connectivity index (χ3v) is 2.63. The minimum absolute atomic E-state index is 0.704. The number of thiazole rings is 1. The van der Waals surface area contributed by atoms with Crippen LogP contribution in [0.1, 0.15) is 0 Å². The highest BCUT2D eigenvalue weighted by molar-refractivity contribution is 14.1. The predicted octanol–water partition coefficient (Wildman–Crippen LogP) is 1.52. The Balaban J connectivity index is 2.43. The van der Waals surface area contributed by atoms with Crippen molar-refractivity contribution in [3.05, 3.63) is 22.2 Å². The summed E-state index contributed by atoms with van der Waals surface area (Å²) in [6, 6.07) is 0. The lowest BCUT2D eigenvalue weighted by atomic mass is 10.7. The number of rotatable bonds is 1. The molecule has 2 N–H and O–H groups in total. The lowest BCUT2D eigenvalue weighted by Crippen LogP contribution is -1.91. The fourth-order valence-corrected chi connectivity index (χ4v) is 1.79. The molecule has 0 saturated carbocycles. The van der Waals surface area contributed by atoms with Crippen LogP contribution in [0, 0.1) is 3.57 Å². The Labute approximate surface area is 86.6 Å². The number of hydrogen-bond donors (Lipinski definition) is 1. The molecule has 0 spiro atoms. The van der Waals surface area contributed by atoms with Crippen molar-refractivity contribution in [1.29, 1.82) is 0 Å². The summed E-state index contributed by atoms with van der Waals surface area (Å²) in [6.07, 6.45) is 5.31. The van der Waals surface area contributed by atoms with E-state index in [0.717, 1.165) is 8.70 Å². The van der Waals surface area contributed by atoms with Crippen LogP contribution in [0.25, 0.3) is 5.13 Å². The van der Waals surface area contributed by atoms with Gasteiger partial charge in [0.1, 0.15) is 5.00 Å². The van der Waals surface area contributed by atoms with E-state index in [1.807, 2.05) is 6.20 Å². The number of hydrogen-bond acceptors (Lipinski definition) is 4. The van der Waals surface area contributed by atoms with Crippen molar-refractivity contribution in [1.82, 2.24) is 14.8 Å². The Morgan fingerprint density at radius 3 is 2.83 bits per heavy atom. The zero-order chi connectivity index (χ0) is 8.55. The van der Waals surface area contributed by atoms with E-state index in [4.69, 9.17) is 5.73 Å². The van der Waals surface area contributed by atoms with Crippen molar-refractivity contribution in [3.63, 3.8) is 0 Å². The molecule has 0 aliphatic rings. The van der Waals surface area contributed by atoms with E-state index in [9.17, 15) is 0 Å². The summed E-state index contributed by atoms with van der Waals surface area (Å²) < 4.78 is 2.80. The third-order valence-electron chi connectivity index (χ3n) is 1.26. The molecule has 0 atom stereocenters. The molecule has 0 amide bonds. The van der Waals surface area contributed by atoms with Crippen LogP contribution in [0.4, 0.5) is 5.00 Å². The van der Waals surface area contributed by atoms with Crippen molar-refractivity contribution < 1.29 is 0 Å². The van der Waals surface area contributed by atoms with Gasteiger partial charge in [-0.3, -0.25) is 0 Å². The number of anilines is 1. The minimum Gasteiger partial charge on any atom is -0.389 e. The van der Waals surface area contributed by atoms with E-state index in [1.54, 1.807) is 17.1 Å². The first kappa shape index (κ1) is 7.99. The smallest absolute Gasteiger partial charge is 0.212 e. The summed E-state index contributed by atoms with van der Waals surface area (Å²) in [5.74, 6) is 0. The van der Waals surface area contributed by atoms with Gasteiger partial charge in [-0.15, -0.1) is 0 Å². The summed E-state index contributed by atoms with van der Waals surface area (Å²) in [6.45, 7) is 0. The molecule has 2 aromatic heterocycles. The molecule has 0 aromatic carbocycles. The van der Waals surface area contributed by atoms with E-state index in [2.05, 4.69) is 32.7 Å². The topological polar surface area (TPSA) is 56.7 Å². The van der Waals surface area contributed by atoms with E-state index in [1.165, 1.54) is 11.3 Å². The van der Waals surface area contributed by atoms with Gasteiger partial charge < -0.3 is 5.73 Å². The summed E-state index contributed by atoms with van der Waals surface area (Å²) in [7, 11) is 0. The summed E-state index contributed by atoms with van der Waals surface area (Å²) in [5, 5.41) is 5.61. The van der Waals surface area contributed by atoms with E-state index >= 15 is 0 Å². The maximum Gasteiger partial charge on any atom is 0.212 e. The molecule has 0 aliphatic heterocycles. The molecule has 4 nitrogen and oxygen atoms in total. The molecule has 0 saturated heterocycles. The average molecular weight is 292 g/mol. The first-order chi connectivity index (χ1) is 5.75. The number of nitrogens with two attached hydrogens (primary N) is 1. The predicted molar refractivity (Wildman–Crippen MR) is 56.4 cm³/mol. The molecule has 12 heavy (non-hydrogen) atoms. The lowest BCUT2D eigenvalue weighted by molar-refractivity contribution is 0.869. The van der Waals surface area contributed by atoms with Crippen molar-refractivity contribution in [2.75, 3.05) is 5.73 Å². The fraction of sp³-hybridized carbons (Fsp3) is 0. The van der Waals surface area contributed by atoms with Crippen molar-refractivity contribution in [2.45, 2.75) is 0 Å². The second-order valence-electron chi connectivity index (χ2n) is 2.15. The molecule has 0 bridgehead atoms. The molecular weight excluding hydrogens is 287 g/mol. The van der Waals surface area contributed by atoms with E-state index < -0.39 is 0 Å². The normalized spacial score (nSPS) is 10.4. The number of halogens is 1. The molecule has 2 rings (SSSR count). The summed E-state index contributed by atoms with van der Waals surface area (Å²) in [4.78, 5) is 4.09. The van der Waals surface area contributed by atoms with Gasteiger partial charge in [-0.25, -0.2) is 9.67 Å². The fourth-order valence-electron chi connectivity index (χ4n) is 0.788. The second-order valence-corrected chi connectivity index (χ2v) is 4.43. The third kappa shape index (κ3) is 1.44. The van der Waals surface area contributed by atoms with Crippen LogP contribution in [-0.2, 0) is 0 Å². The molecule has 0 fully saturated rings. The molecule has 62 valence electrons. The van der Waals surface area contributed by atoms with Crippen molar-refractivity contribution in [2.24, 2.45) is 0 Å². The standard InChI is InChI=1S/C6H5IN4S/c7-4-1-10-11(3-4)6-9-2-5(8)12-6/h1-3H,8H2. The van der Waals surface area contributed by atoms with Gasteiger partial charge in [0.25, 0.3) is 0 Å².